The van der Waals surface area contributed by atoms with Gasteiger partial charge < -0.3 is 22.1 Å². The predicted octanol–water partition coefficient (Wildman–Crippen LogP) is 6.28. The fraction of sp³-hybridized carbons (Fsp3) is 0.944. The summed E-state index contributed by atoms with van der Waals surface area (Å²) in [6.45, 7) is 24.5. The standard InChI is InChI=1S/C18H46NO7PSi4/c1-21-19-15-14-17(23-28(2,3)4)18(24-29(5,6)7)16-22-27(20,25-30(8,9)10)26-31(11,12)13/h15,17-18H,14,16H2,1-13H3/b19-15+/t17-,18+/m0/s1. The lowest BCUT2D eigenvalue weighted by Crippen LogP contribution is -2.47. The maximum Gasteiger partial charge on any atom is 0.455 e. The minimum Gasteiger partial charge on any atom is -0.412 e. The first-order valence-corrected chi connectivity index (χ1v) is 25.8. The largest absolute Gasteiger partial charge is 0.455 e. The summed E-state index contributed by atoms with van der Waals surface area (Å²) in [5.74, 6) is 0. The highest BCUT2D eigenvalue weighted by Gasteiger charge is 2.40. The van der Waals surface area contributed by atoms with Crippen LogP contribution in [0.5, 0.6) is 0 Å². The summed E-state index contributed by atoms with van der Waals surface area (Å²) >= 11 is 0. The minimum atomic E-state index is -3.75. The molecule has 0 aromatic rings. The van der Waals surface area contributed by atoms with Crippen molar-refractivity contribution in [3.8, 4) is 0 Å². The van der Waals surface area contributed by atoms with Crippen molar-refractivity contribution in [3.05, 3.63) is 0 Å². The Labute approximate surface area is 194 Å². The van der Waals surface area contributed by atoms with Crippen LogP contribution in [0.3, 0.4) is 0 Å². The van der Waals surface area contributed by atoms with Crippen LogP contribution < -0.4 is 0 Å². The van der Waals surface area contributed by atoms with Crippen LogP contribution in [0.15, 0.2) is 5.16 Å². The molecule has 0 saturated carbocycles. The van der Waals surface area contributed by atoms with Crippen molar-refractivity contribution in [1.29, 1.82) is 0 Å². The molecule has 0 aromatic carbocycles. The molecule has 0 radical (unpaired) electrons. The van der Waals surface area contributed by atoms with E-state index in [1.807, 2.05) is 39.3 Å². The van der Waals surface area contributed by atoms with E-state index in [-0.39, 0.29) is 12.7 Å². The van der Waals surface area contributed by atoms with E-state index in [0.29, 0.717) is 6.42 Å². The molecule has 0 unspecified atom stereocenters. The Morgan fingerprint density at radius 1 is 0.742 bits per heavy atom. The zero-order valence-electron chi connectivity index (χ0n) is 21.9. The molecule has 0 aliphatic heterocycles. The molecule has 0 rings (SSSR count). The third-order valence-corrected chi connectivity index (χ3v) is 11.8. The average Bonchev–Trinajstić information content (AvgIpc) is 2.44. The first kappa shape index (κ1) is 31.4. The van der Waals surface area contributed by atoms with Gasteiger partial charge in [0.25, 0.3) is 0 Å². The van der Waals surface area contributed by atoms with Gasteiger partial charge in [-0.15, -0.1) is 0 Å². The molecule has 0 fully saturated rings. The Morgan fingerprint density at radius 2 is 1.16 bits per heavy atom. The fourth-order valence-electron chi connectivity index (χ4n) is 2.53. The fourth-order valence-corrected chi connectivity index (χ4v) is 11.4. The topological polar surface area (TPSA) is 84.8 Å². The van der Waals surface area contributed by atoms with E-state index in [2.05, 4.69) is 44.4 Å². The van der Waals surface area contributed by atoms with Gasteiger partial charge in [0.1, 0.15) is 7.11 Å². The Morgan fingerprint density at radius 3 is 1.52 bits per heavy atom. The highest BCUT2D eigenvalue weighted by Crippen LogP contribution is 2.54. The van der Waals surface area contributed by atoms with Gasteiger partial charge in [0.2, 0.25) is 0 Å². The molecular formula is C18H46NO7PSi4. The molecule has 0 N–H and O–H groups in total. The molecule has 2 atom stereocenters. The molecule has 31 heavy (non-hydrogen) atoms. The average molecular weight is 532 g/mol. The van der Waals surface area contributed by atoms with Crippen molar-refractivity contribution in [2.24, 2.45) is 5.16 Å². The second kappa shape index (κ2) is 12.2. The van der Waals surface area contributed by atoms with Crippen LogP contribution in [0, 0.1) is 0 Å². The Balaban J connectivity index is 5.84. The zero-order valence-corrected chi connectivity index (χ0v) is 26.8. The number of hydrogen-bond acceptors (Lipinski definition) is 8. The van der Waals surface area contributed by atoms with Crippen LogP contribution >= 0.6 is 7.82 Å². The predicted molar refractivity (Wildman–Crippen MR) is 139 cm³/mol. The number of nitrogens with zero attached hydrogens (tertiary/aromatic N) is 1. The molecule has 0 spiro atoms. The highest BCUT2D eigenvalue weighted by atomic mass is 31.2. The van der Waals surface area contributed by atoms with Crippen LogP contribution in [0.2, 0.25) is 78.6 Å². The van der Waals surface area contributed by atoms with Crippen molar-refractivity contribution in [2.45, 2.75) is 97.2 Å². The molecule has 0 aromatic heterocycles. The number of oxime groups is 1. The smallest absolute Gasteiger partial charge is 0.412 e. The molecule has 0 aliphatic rings. The summed E-state index contributed by atoms with van der Waals surface area (Å²) in [7, 11) is -10.5. The lowest BCUT2D eigenvalue weighted by molar-refractivity contribution is 0.0112. The van der Waals surface area contributed by atoms with Gasteiger partial charge in [0.15, 0.2) is 33.3 Å². The molecule has 0 bridgehead atoms. The van der Waals surface area contributed by atoms with E-state index in [0.717, 1.165) is 0 Å². The quantitative estimate of drug-likeness (QED) is 0.106. The van der Waals surface area contributed by atoms with Crippen LogP contribution in [-0.4, -0.2) is 65.4 Å². The molecule has 0 aliphatic carbocycles. The van der Waals surface area contributed by atoms with Crippen LogP contribution in [0.4, 0.5) is 0 Å². The molecule has 0 amide bonds. The Kier molecular flexibility index (Phi) is 12.3. The first-order valence-electron chi connectivity index (χ1n) is 10.7. The number of hydrogen-bond donors (Lipinski definition) is 0. The van der Waals surface area contributed by atoms with Gasteiger partial charge in [-0.05, 0) is 78.6 Å². The van der Waals surface area contributed by atoms with Crippen LogP contribution in [0.25, 0.3) is 0 Å². The Hall–Kier alpha value is 0.368. The van der Waals surface area contributed by atoms with E-state index < -0.39 is 47.2 Å². The van der Waals surface area contributed by atoms with E-state index in [1.165, 1.54) is 7.11 Å². The number of rotatable bonds is 15. The van der Waals surface area contributed by atoms with Crippen molar-refractivity contribution in [1.82, 2.24) is 0 Å². The SMILES string of the molecule is CO/N=C/C[C@H](O[Si](C)(C)C)[C@@H](COP(=O)(O[Si](C)(C)C)O[Si](C)(C)C)O[Si](C)(C)C. The zero-order chi connectivity index (χ0) is 24.7. The van der Waals surface area contributed by atoms with Gasteiger partial charge in [0.05, 0.1) is 18.8 Å². The summed E-state index contributed by atoms with van der Waals surface area (Å²) in [5.41, 5.74) is 0. The maximum absolute atomic E-state index is 13.6. The van der Waals surface area contributed by atoms with Crippen molar-refractivity contribution in [3.63, 3.8) is 0 Å². The lowest BCUT2D eigenvalue weighted by Gasteiger charge is -2.37. The summed E-state index contributed by atoms with van der Waals surface area (Å²) in [5, 5.41) is 3.86. The molecule has 0 saturated heterocycles. The highest BCUT2D eigenvalue weighted by molar-refractivity contribution is 7.52. The molecule has 0 heterocycles. The van der Waals surface area contributed by atoms with Gasteiger partial charge >= 0.3 is 7.82 Å². The van der Waals surface area contributed by atoms with Gasteiger partial charge in [-0.25, -0.2) is 4.57 Å². The van der Waals surface area contributed by atoms with Crippen LogP contribution in [0.1, 0.15) is 6.42 Å². The molecule has 8 nitrogen and oxygen atoms in total. The van der Waals surface area contributed by atoms with E-state index in [1.54, 1.807) is 6.21 Å². The first-order chi connectivity index (χ1) is 13.6. The van der Waals surface area contributed by atoms with Crippen molar-refractivity contribution >= 4 is 47.3 Å². The van der Waals surface area contributed by atoms with Gasteiger partial charge in [-0.3, -0.25) is 4.52 Å². The summed E-state index contributed by atoms with van der Waals surface area (Å²) < 4.78 is 44.2. The maximum atomic E-state index is 13.6. The summed E-state index contributed by atoms with van der Waals surface area (Å²) in [6, 6.07) is 0. The van der Waals surface area contributed by atoms with E-state index in [4.69, 9.17) is 26.6 Å². The normalized spacial score (nSPS) is 16.5. The third kappa shape index (κ3) is 17.5. The molecule has 186 valence electrons. The summed E-state index contributed by atoms with van der Waals surface area (Å²) in [4.78, 5) is 4.81. The monoisotopic (exact) mass is 531 g/mol. The van der Waals surface area contributed by atoms with Crippen LogP contribution in [-0.2, 0) is 31.2 Å². The summed E-state index contributed by atoms with van der Waals surface area (Å²) in [6.07, 6.45) is 1.40. The van der Waals surface area contributed by atoms with E-state index >= 15 is 0 Å². The second-order valence-electron chi connectivity index (χ2n) is 11.4. The minimum absolute atomic E-state index is 0.0481. The lowest BCUT2D eigenvalue weighted by atomic mass is 10.1. The Bertz CT molecular complexity index is 590. The third-order valence-electron chi connectivity index (χ3n) is 3.11. The van der Waals surface area contributed by atoms with Crippen molar-refractivity contribution < 1.29 is 31.2 Å². The van der Waals surface area contributed by atoms with E-state index in [9.17, 15) is 4.57 Å². The van der Waals surface area contributed by atoms with Gasteiger partial charge in [-0.2, -0.15) is 0 Å². The number of phosphoric acid groups is 1. The molecule has 13 heteroatoms. The van der Waals surface area contributed by atoms with Crippen molar-refractivity contribution in [2.75, 3.05) is 13.7 Å². The second-order valence-corrected chi connectivity index (χ2v) is 31.4. The molecular weight excluding hydrogens is 486 g/mol. The van der Waals surface area contributed by atoms with Gasteiger partial charge in [0, 0.05) is 12.6 Å². The van der Waals surface area contributed by atoms with Gasteiger partial charge in [-0.1, -0.05) is 5.16 Å².